The van der Waals surface area contributed by atoms with Gasteiger partial charge in [-0.2, -0.15) is 0 Å². The molecule has 1 aliphatic rings. The summed E-state index contributed by atoms with van der Waals surface area (Å²) in [6, 6.07) is 15.6. The lowest BCUT2D eigenvalue weighted by atomic mass is 9.82. The van der Waals surface area contributed by atoms with Crippen LogP contribution in [0.25, 0.3) is 0 Å². The summed E-state index contributed by atoms with van der Waals surface area (Å²) in [7, 11) is 2.06. The van der Waals surface area contributed by atoms with E-state index >= 15 is 0 Å². The fourth-order valence-corrected chi connectivity index (χ4v) is 3.51. The van der Waals surface area contributed by atoms with E-state index in [9.17, 15) is 0 Å². The Morgan fingerprint density at radius 3 is 2.52 bits per heavy atom. The van der Waals surface area contributed by atoms with Crippen molar-refractivity contribution in [3.05, 3.63) is 64.7 Å². The van der Waals surface area contributed by atoms with E-state index in [0.717, 1.165) is 18.8 Å². The standard InChI is InChI=1S/C19H23NO/c1-13-10-14(2)12-15(11-13)19(20-3)17-8-9-21-18-7-5-4-6-16(17)18/h4-7,10-12,17,19-20H,8-9H2,1-3H3. The molecule has 0 amide bonds. The van der Waals surface area contributed by atoms with Crippen LogP contribution in [0.5, 0.6) is 5.75 Å². The third kappa shape index (κ3) is 2.81. The number of likely N-dealkylation sites (N-methyl/N-ethyl adjacent to an activating group) is 1. The summed E-state index contributed by atoms with van der Waals surface area (Å²) in [6.45, 7) is 5.13. The molecule has 1 N–H and O–H groups in total. The van der Waals surface area contributed by atoms with Crippen LogP contribution in [-0.4, -0.2) is 13.7 Å². The smallest absolute Gasteiger partial charge is 0.122 e. The predicted octanol–water partition coefficient (Wildman–Crippen LogP) is 4.13. The molecule has 0 spiro atoms. The second-order valence-corrected chi connectivity index (χ2v) is 5.97. The Labute approximate surface area is 127 Å². The number of para-hydroxylation sites is 1. The van der Waals surface area contributed by atoms with Crippen molar-refractivity contribution < 1.29 is 4.74 Å². The molecule has 0 saturated heterocycles. The van der Waals surface area contributed by atoms with Crippen LogP contribution in [-0.2, 0) is 0 Å². The van der Waals surface area contributed by atoms with Gasteiger partial charge in [-0.05, 0) is 44.5 Å². The number of aryl methyl sites for hydroxylation is 2. The molecule has 1 heterocycles. The van der Waals surface area contributed by atoms with Gasteiger partial charge in [-0.1, -0.05) is 47.5 Å². The summed E-state index contributed by atoms with van der Waals surface area (Å²) in [5.74, 6) is 1.50. The van der Waals surface area contributed by atoms with Gasteiger partial charge in [0.1, 0.15) is 5.75 Å². The van der Waals surface area contributed by atoms with Crippen molar-refractivity contribution in [2.24, 2.45) is 0 Å². The molecule has 21 heavy (non-hydrogen) atoms. The molecule has 1 aliphatic heterocycles. The normalized spacial score (nSPS) is 18.7. The first-order valence-corrected chi connectivity index (χ1v) is 7.66. The van der Waals surface area contributed by atoms with Crippen LogP contribution in [0, 0.1) is 13.8 Å². The van der Waals surface area contributed by atoms with E-state index in [-0.39, 0.29) is 0 Å². The number of rotatable bonds is 3. The van der Waals surface area contributed by atoms with E-state index in [4.69, 9.17) is 4.74 Å². The lowest BCUT2D eigenvalue weighted by Crippen LogP contribution is -2.28. The first kappa shape index (κ1) is 14.2. The zero-order chi connectivity index (χ0) is 14.8. The lowest BCUT2D eigenvalue weighted by Gasteiger charge is -2.33. The Kier molecular flexibility index (Phi) is 3.98. The molecule has 110 valence electrons. The van der Waals surface area contributed by atoms with Gasteiger partial charge in [0.15, 0.2) is 0 Å². The molecule has 3 rings (SSSR count). The van der Waals surface area contributed by atoms with Crippen LogP contribution in [0.15, 0.2) is 42.5 Å². The third-order valence-electron chi connectivity index (χ3n) is 4.32. The Morgan fingerprint density at radius 1 is 1.10 bits per heavy atom. The highest BCUT2D eigenvalue weighted by Gasteiger charge is 2.29. The minimum absolute atomic E-state index is 0.327. The zero-order valence-corrected chi connectivity index (χ0v) is 13.0. The highest BCUT2D eigenvalue weighted by atomic mass is 16.5. The Bertz CT molecular complexity index is 615. The summed E-state index contributed by atoms with van der Waals surface area (Å²) in [5, 5.41) is 3.53. The maximum atomic E-state index is 5.80. The van der Waals surface area contributed by atoms with Crippen molar-refractivity contribution in [3.63, 3.8) is 0 Å². The summed E-state index contributed by atoms with van der Waals surface area (Å²) in [6.07, 6.45) is 1.05. The van der Waals surface area contributed by atoms with E-state index in [2.05, 4.69) is 62.6 Å². The molecule has 0 aromatic heterocycles. The van der Waals surface area contributed by atoms with Gasteiger partial charge in [-0.25, -0.2) is 0 Å². The second kappa shape index (κ2) is 5.90. The van der Waals surface area contributed by atoms with Gasteiger partial charge in [0.2, 0.25) is 0 Å². The van der Waals surface area contributed by atoms with E-state index in [0.29, 0.717) is 12.0 Å². The highest BCUT2D eigenvalue weighted by molar-refractivity contribution is 5.41. The van der Waals surface area contributed by atoms with Gasteiger partial charge in [0.05, 0.1) is 6.61 Å². The monoisotopic (exact) mass is 281 g/mol. The quantitative estimate of drug-likeness (QED) is 0.913. The second-order valence-electron chi connectivity index (χ2n) is 5.97. The first-order chi connectivity index (χ1) is 10.2. The molecule has 2 aromatic carbocycles. The fraction of sp³-hybridized carbons (Fsp3) is 0.368. The number of hydrogen-bond donors (Lipinski definition) is 1. The van der Waals surface area contributed by atoms with Crippen molar-refractivity contribution in [2.45, 2.75) is 32.2 Å². The molecule has 0 fully saturated rings. The van der Waals surface area contributed by atoms with Crippen LogP contribution in [0.3, 0.4) is 0 Å². The van der Waals surface area contributed by atoms with Crippen molar-refractivity contribution in [3.8, 4) is 5.75 Å². The first-order valence-electron chi connectivity index (χ1n) is 7.66. The number of nitrogens with one attached hydrogen (secondary N) is 1. The number of fused-ring (bicyclic) bond motifs is 1. The zero-order valence-electron chi connectivity index (χ0n) is 13.0. The molecule has 0 radical (unpaired) electrons. The third-order valence-corrected chi connectivity index (χ3v) is 4.32. The van der Waals surface area contributed by atoms with Crippen LogP contribution >= 0.6 is 0 Å². The van der Waals surface area contributed by atoms with Gasteiger partial charge < -0.3 is 10.1 Å². The van der Waals surface area contributed by atoms with Crippen LogP contribution in [0.4, 0.5) is 0 Å². The Balaban J connectivity index is 2.01. The summed E-state index contributed by atoms with van der Waals surface area (Å²) < 4.78 is 5.80. The van der Waals surface area contributed by atoms with Crippen LogP contribution in [0.2, 0.25) is 0 Å². The van der Waals surface area contributed by atoms with Gasteiger partial charge in [-0.15, -0.1) is 0 Å². The van der Waals surface area contributed by atoms with Gasteiger partial charge in [0, 0.05) is 12.0 Å². The summed E-state index contributed by atoms with van der Waals surface area (Å²) >= 11 is 0. The predicted molar refractivity (Wildman–Crippen MR) is 87.0 cm³/mol. The fourth-order valence-electron chi connectivity index (χ4n) is 3.51. The minimum atomic E-state index is 0.327. The van der Waals surface area contributed by atoms with E-state index < -0.39 is 0 Å². The summed E-state index contributed by atoms with van der Waals surface area (Å²) in [5.41, 5.74) is 5.34. The van der Waals surface area contributed by atoms with Crippen LogP contribution in [0.1, 0.15) is 40.6 Å². The highest BCUT2D eigenvalue weighted by Crippen LogP contribution is 2.41. The summed E-state index contributed by atoms with van der Waals surface area (Å²) in [4.78, 5) is 0. The van der Waals surface area contributed by atoms with Crippen molar-refractivity contribution in [2.75, 3.05) is 13.7 Å². The van der Waals surface area contributed by atoms with Gasteiger partial charge >= 0.3 is 0 Å². The SMILES string of the molecule is CNC(c1cc(C)cc(C)c1)C1CCOc2ccccc21. The van der Waals surface area contributed by atoms with Gasteiger partial charge in [0.25, 0.3) is 0 Å². The molecule has 0 aliphatic carbocycles. The van der Waals surface area contributed by atoms with Crippen LogP contribution < -0.4 is 10.1 Å². The Morgan fingerprint density at radius 2 is 1.81 bits per heavy atom. The van der Waals surface area contributed by atoms with Gasteiger partial charge in [-0.3, -0.25) is 0 Å². The molecule has 2 aromatic rings. The van der Waals surface area contributed by atoms with Crippen molar-refractivity contribution in [1.82, 2.24) is 5.32 Å². The maximum Gasteiger partial charge on any atom is 0.122 e. The van der Waals surface area contributed by atoms with Crippen molar-refractivity contribution in [1.29, 1.82) is 0 Å². The number of hydrogen-bond acceptors (Lipinski definition) is 2. The lowest BCUT2D eigenvalue weighted by molar-refractivity contribution is 0.248. The van der Waals surface area contributed by atoms with E-state index in [1.165, 1.54) is 22.3 Å². The molecule has 2 atom stereocenters. The molecule has 2 heteroatoms. The Hall–Kier alpha value is -1.80. The molecule has 0 saturated carbocycles. The maximum absolute atomic E-state index is 5.80. The largest absolute Gasteiger partial charge is 0.493 e. The molecular weight excluding hydrogens is 258 g/mol. The topological polar surface area (TPSA) is 21.3 Å². The number of ether oxygens (including phenoxy) is 1. The molecular formula is C19H23NO. The van der Waals surface area contributed by atoms with E-state index in [1.807, 2.05) is 6.07 Å². The molecule has 2 unspecified atom stereocenters. The minimum Gasteiger partial charge on any atom is -0.493 e. The van der Waals surface area contributed by atoms with E-state index in [1.54, 1.807) is 0 Å². The average molecular weight is 281 g/mol. The molecule has 2 nitrogen and oxygen atoms in total. The molecule has 0 bridgehead atoms. The van der Waals surface area contributed by atoms with Crippen molar-refractivity contribution >= 4 is 0 Å². The average Bonchev–Trinajstić information content (AvgIpc) is 2.47. The number of benzene rings is 2.